The second kappa shape index (κ2) is 6.76. The molecule has 2 aromatic rings. The minimum absolute atomic E-state index is 0.222. The van der Waals surface area contributed by atoms with E-state index in [2.05, 4.69) is 4.72 Å². The summed E-state index contributed by atoms with van der Waals surface area (Å²) in [6.45, 7) is 1.18. The fraction of sp³-hybridized carbons (Fsp3) is 0.312. The van der Waals surface area contributed by atoms with E-state index in [0.717, 1.165) is 11.1 Å². The largest absolute Gasteiger partial charge is 0.459 e. The average Bonchev–Trinajstić information content (AvgIpc) is 3.11. The molecule has 1 aliphatic rings. The van der Waals surface area contributed by atoms with Crippen molar-refractivity contribution in [1.29, 1.82) is 0 Å². The minimum Gasteiger partial charge on any atom is -0.459 e. The van der Waals surface area contributed by atoms with Crippen LogP contribution in [0.25, 0.3) is 11.1 Å². The third kappa shape index (κ3) is 3.21. The third-order valence-corrected chi connectivity index (χ3v) is 5.63. The van der Waals surface area contributed by atoms with Crippen LogP contribution in [0.1, 0.15) is 10.6 Å². The number of carbonyl (C=O) groups excluding carboxylic acids is 1. The van der Waals surface area contributed by atoms with Crippen molar-refractivity contribution in [2.75, 3.05) is 33.2 Å². The van der Waals surface area contributed by atoms with Crippen LogP contribution in [0.15, 0.2) is 47.1 Å². The predicted octanol–water partition coefficient (Wildman–Crippen LogP) is 1.17. The molecule has 1 aliphatic heterocycles. The van der Waals surface area contributed by atoms with Crippen LogP contribution < -0.4 is 4.72 Å². The summed E-state index contributed by atoms with van der Waals surface area (Å²) in [5.41, 5.74) is 1.65. The van der Waals surface area contributed by atoms with Crippen molar-refractivity contribution in [3.8, 4) is 11.1 Å². The molecule has 24 heavy (non-hydrogen) atoms. The zero-order valence-electron chi connectivity index (χ0n) is 13.3. The summed E-state index contributed by atoms with van der Waals surface area (Å²) in [6, 6.07) is 11.3. The first-order valence-corrected chi connectivity index (χ1v) is 9.08. The number of rotatable bonds is 4. The van der Waals surface area contributed by atoms with E-state index in [1.54, 1.807) is 11.0 Å². The maximum atomic E-state index is 12.7. The van der Waals surface area contributed by atoms with E-state index in [0.29, 0.717) is 13.1 Å². The van der Waals surface area contributed by atoms with Crippen molar-refractivity contribution in [3.63, 3.8) is 0 Å². The van der Waals surface area contributed by atoms with Gasteiger partial charge < -0.3 is 9.32 Å². The molecule has 7 nitrogen and oxygen atoms in total. The van der Waals surface area contributed by atoms with Crippen LogP contribution in [0.2, 0.25) is 0 Å². The van der Waals surface area contributed by atoms with E-state index in [4.69, 9.17) is 4.42 Å². The van der Waals surface area contributed by atoms with Gasteiger partial charge in [-0.25, -0.2) is 4.72 Å². The second-order valence-electron chi connectivity index (χ2n) is 5.43. The van der Waals surface area contributed by atoms with Gasteiger partial charge >= 0.3 is 0 Å². The van der Waals surface area contributed by atoms with Crippen LogP contribution in [0.5, 0.6) is 0 Å². The number of amides is 1. The zero-order valence-corrected chi connectivity index (χ0v) is 14.1. The highest BCUT2D eigenvalue weighted by molar-refractivity contribution is 7.87. The smallest absolute Gasteiger partial charge is 0.290 e. The molecule has 8 heteroatoms. The van der Waals surface area contributed by atoms with Gasteiger partial charge in [0, 0.05) is 38.8 Å². The van der Waals surface area contributed by atoms with E-state index >= 15 is 0 Å². The topological polar surface area (TPSA) is 82.9 Å². The highest BCUT2D eigenvalue weighted by atomic mass is 32.2. The van der Waals surface area contributed by atoms with Crippen molar-refractivity contribution < 1.29 is 17.6 Å². The van der Waals surface area contributed by atoms with Gasteiger partial charge in [0.15, 0.2) is 5.76 Å². The lowest BCUT2D eigenvalue weighted by Crippen LogP contribution is -2.52. The van der Waals surface area contributed by atoms with Gasteiger partial charge in [0.05, 0.1) is 6.26 Å². The molecule has 0 spiro atoms. The summed E-state index contributed by atoms with van der Waals surface area (Å²) in [5, 5.41) is 0. The number of piperazine rings is 1. The van der Waals surface area contributed by atoms with Crippen LogP contribution in [0.4, 0.5) is 0 Å². The Balaban J connectivity index is 1.75. The van der Waals surface area contributed by atoms with Crippen LogP contribution >= 0.6 is 0 Å². The molecule has 3 rings (SSSR count). The normalized spacial score (nSPS) is 16.3. The number of furan rings is 1. The summed E-state index contributed by atoms with van der Waals surface area (Å²) in [7, 11) is -2.08. The summed E-state index contributed by atoms with van der Waals surface area (Å²) in [5.74, 6) is 0.0616. The molecule has 2 heterocycles. The van der Waals surface area contributed by atoms with Gasteiger partial charge in [-0.15, -0.1) is 0 Å². The molecule has 0 radical (unpaired) electrons. The number of benzene rings is 1. The monoisotopic (exact) mass is 349 g/mol. The Morgan fingerprint density at radius 3 is 2.38 bits per heavy atom. The van der Waals surface area contributed by atoms with Gasteiger partial charge in [0.1, 0.15) is 0 Å². The van der Waals surface area contributed by atoms with E-state index < -0.39 is 10.2 Å². The molecule has 128 valence electrons. The minimum atomic E-state index is -3.45. The molecule has 0 unspecified atom stereocenters. The Morgan fingerprint density at radius 1 is 1.08 bits per heavy atom. The molecule has 1 aromatic heterocycles. The van der Waals surface area contributed by atoms with E-state index in [1.807, 2.05) is 30.3 Å². The van der Waals surface area contributed by atoms with Gasteiger partial charge in [-0.1, -0.05) is 30.3 Å². The van der Waals surface area contributed by atoms with E-state index in [1.165, 1.54) is 17.6 Å². The quantitative estimate of drug-likeness (QED) is 0.898. The van der Waals surface area contributed by atoms with Gasteiger partial charge in [0.2, 0.25) is 0 Å². The fourth-order valence-electron chi connectivity index (χ4n) is 2.72. The Labute approximate surface area is 141 Å². The molecule has 0 aliphatic carbocycles. The Morgan fingerprint density at radius 2 is 1.75 bits per heavy atom. The van der Waals surface area contributed by atoms with Gasteiger partial charge in [-0.3, -0.25) is 4.79 Å². The fourth-order valence-corrected chi connectivity index (χ4v) is 3.63. The molecule has 1 aromatic carbocycles. The molecule has 1 N–H and O–H groups in total. The highest BCUT2D eigenvalue weighted by Crippen LogP contribution is 2.26. The van der Waals surface area contributed by atoms with Crippen molar-refractivity contribution in [2.24, 2.45) is 0 Å². The lowest BCUT2D eigenvalue weighted by atomic mass is 10.1. The first-order valence-electron chi connectivity index (χ1n) is 7.64. The number of nitrogens with zero attached hydrogens (tertiary/aromatic N) is 2. The number of nitrogens with one attached hydrogen (secondary N) is 1. The first kappa shape index (κ1) is 16.7. The lowest BCUT2D eigenvalue weighted by Gasteiger charge is -2.33. The summed E-state index contributed by atoms with van der Waals surface area (Å²) in [6.07, 6.45) is 1.50. The summed E-state index contributed by atoms with van der Waals surface area (Å²) in [4.78, 5) is 14.3. The highest BCUT2D eigenvalue weighted by Gasteiger charge is 2.30. The van der Waals surface area contributed by atoms with Crippen molar-refractivity contribution in [1.82, 2.24) is 13.9 Å². The Kier molecular flexibility index (Phi) is 4.70. The molecule has 0 atom stereocenters. The molecular weight excluding hydrogens is 330 g/mol. The molecule has 1 fully saturated rings. The third-order valence-electron chi connectivity index (χ3n) is 4.07. The predicted molar refractivity (Wildman–Crippen MR) is 89.6 cm³/mol. The van der Waals surface area contributed by atoms with Gasteiger partial charge in [0.25, 0.3) is 16.1 Å². The summed E-state index contributed by atoms with van der Waals surface area (Å²) < 4.78 is 32.6. The molecule has 1 saturated heterocycles. The van der Waals surface area contributed by atoms with Crippen LogP contribution in [-0.4, -0.2) is 56.8 Å². The maximum Gasteiger partial charge on any atom is 0.290 e. The van der Waals surface area contributed by atoms with Crippen molar-refractivity contribution in [3.05, 3.63) is 48.4 Å². The summed E-state index contributed by atoms with van der Waals surface area (Å²) >= 11 is 0. The van der Waals surface area contributed by atoms with Crippen molar-refractivity contribution in [2.45, 2.75) is 0 Å². The second-order valence-corrected chi connectivity index (χ2v) is 7.30. The molecular formula is C16H19N3O4S. The average molecular weight is 349 g/mol. The standard InChI is InChI=1S/C16H19N3O4S/c1-17-24(21,22)19-10-8-18(9-11-19)16(20)15-14(7-12-23-15)13-5-3-2-4-6-13/h2-7,12,17H,8-11H2,1H3. The molecule has 1 amide bonds. The van der Waals surface area contributed by atoms with E-state index in [-0.39, 0.29) is 24.8 Å². The molecule has 0 saturated carbocycles. The zero-order chi connectivity index (χ0) is 17.2. The van der Waals surface area contributed by atoms with Crippen LogP contribution in [0, 0.1) is 0 Å². The van der Waals surface area contributed by atoms with Crippen LogP contribution in [-0.2, 0) is 10.2 Å². The Bertz CT molecular complexity index is 809. The number of hydrogen-bond acceptors (Lipinski definition) is 4. The van der Waals surface area contributed by atoms with Gasteiger partial charge in [-0.05, 0) is 11.6 Å². The van der Waals surface area contributed by atoms with Crippen LogP contribution in [0.3, 0.4) is 0 Å². The van der Waals surface area contributed by atoms with Crippen molar-refractivity contribution >= 4 is 16.1 Å². The van der Waals surface area contributed by atoms with Gasteiger partial charge in [-0.2, -0.15) is 12.7 Å². The van der Waals surface area contributed by atoms with E-state index in [9.17, 15) is 13.2 Å². The SMILES string of the molecule is CNS(=O)(=O)N1CCN(C(=O)c2occc2-c2ccccc2)CC1. The number of carbonyl (C=O) groups is 1. The molecule has 0 bridgehead atoms. The Hall–Kier alpha value is -2.16. The maximum absolute atomic E-state index is 12.7. The first-order chi connectivity index (χ1) is 11.5. The lowest BCUT2D eigenvalue weighted by molar-refractivity contribution is 0.0666. The number of hydrogen-bond donors (Lipinski definition) is 1.